The number of halogens is 1. The molecule has 2 N–H and O–H groups in total. The summed E-state index contributed by atoms with van der Waals surface area (Å²) in [7, 11) is 0. The van der Waals surface area contributed by atoms with Gasteiger partial charge in [-0.2, -0.15) is 0 Å². The van der Waals surface area contributed by atoms with Gasteiger partial charge in [0.25, 0.3) is 5.91 Å². The molecule has 5 nitrogen and oxygen atoms in total. The van der Waals surface area contributed by atoms with Crippen molar-refractivity contribution in [1.82, 2.24) is 5.32 Å². The lowest BCUT2D eigenvalue weighted by molar-refractivity contribution is -0.147. The maximum Gasteiger partial charge on any atom is 0.333 e. The van der Waals surface area contributed by atoms with Gasteiger partial charge in [-0.1, -0.05) is 29.8 Å². The first-order chi connectivity index (χ1) is 11.7. The summed E-state index contributed by atoms with van der Waals surface area (Å²) >= 11 is 0. The van der Waals surface area contributed by atoms with Gasteiger partial charge >= 0.3 is 5.97 Å². The molecule has 0 aromatic heterocycles. The number of aliphatic carboxylic acids is 1. The fourth-order valence-corrected chi connectivity index (χ4v) is 2.45. The number of hydrogen-bond acceptors (Lipinski definition) is 3. The first kappa shape index (κ1) is 18.4. The normalized spacial score (nSPS) is 13.0. The Morgan fingerprint density at radius 2 is 1.80 bits per heavy atom. The molecule has 1 amide bonds. The molecule has 0 saturated carbocycles. The van der Waals surface area contributed by atoms with Crippen LogP contribution in [0.1, 0.15) is 23.6 Å². The monoisotopic (exact) mass is 345 g/mol. The summed E-state index contributed by atoms with van der Waals surface area (Å²) < 4.78 is 18.5. The topological polar surface area (TPSA) is 75.6 Å². The van der Waals surface area contributed by atoms with Gasteiger partial charge in [0, 0.05) is 0 Å². The highest BCUT2D eigenvalue weighted by atomic mass is 19.1. The maximum atomic E-state index is 13.1. The van der Waals surface area contributed by atoms with E-state index in [0.717, 1.165) is 23.3 Å². The van der Waals surface area contributed by atoms with E-state index >= 15 is 0 Å². The lowest BCUT2D eigenvalue weighted by atomic mass is 9.92. The zero-order valence-corrected chi connectivity index (χ0v) is 14.3. The van der Waals surface area contributed by atoms with Crippen LogP contribution in [0.4, 0.5) is 4.39 Å². The van der Waals surface area contributed by atoms with Crippen molar-refractivity contribution in [2.45, 2.75) is 26.3 Å². The van der Waals surface area contributed by atoms with Crippen molar-refractivity contribution in [3.8, 4) is 5.75 Å². The maximum absolute atomic E-state index is 13.1. The first-order valence-electron chi connectivity index (χ1n) is 7.73. The summed E-state index contributed by atoms with van der Waals surface area (Å²) in [6, 6.07) is 10.5. The minimum Gasteiger partial charge on any atom is -0.484 e. The Bertz CT molecular complexity index is 789. The van der Waals surface area contributed by atoms with Crippen LogP contribution in [-0.4, -0.2) is 23.6 Å². The predicted molar refractivity (Wildman–Crippen MR) is 90.9 cm³/mol. The number of carbonyl (C=O) groups excluding carboxylic acids is 1. The molecule has 0 spiro atoms. The standard InChI is InChI=1S/C19H20FNO4/c1-12-4-9-16(13(2)10-12)25-11-17(22)21-19(3,18(23)24)14-5-7-15(20)8-6-14/h4-10H,11H2,1-3H3,(H,21,22)(H,23,24). The van der Waals surface area contributed by atoms with Gasteiger partial charge in [0.05, 0.1) is 0 Å². The van der Waals surface area contributed by atoms with Gasteiger partial charge in [0.1, 0.15) is 11.6 Å². The summed E-state index contributed by atoms with van der Waals surface area (Å²) in [5.74, 6) is -1.77. The Morgan fingerprint density at radius 3 is 2.36 bits per heavy atom. The number of amides is 1. The molecule has 0 radical (unpaired) electrons. The summed E-state index contributed by atoms with van der Waals surface area (Å²) in [5, 5.41) is 12.0. The van der Waals surface area contributed by atoms with Crippen molar-refractivity contribution in [1.29, 1.82) is 0 Å². The summed E-state index contributed by atoms with van der Waals surface area (Å²) in [6.45, 7) is 4.83. The second kappa shape index (κ2) is 7.34. The summed E-state index contributed by atoms with van der Waals surface area (Å²) in [6.07, 6.45) is 0. The van der Waals surface area contributed by atoms with Crippen LogP contribution < -0.4 is 10.1 Å². The van der Waals surface area contributed by atoms with Gasteiger partial charge < -0.3 is 15.2 Å². The molecule has 132 valence electrons. The number of nitrogens with one attached hydrogen (secondary N) is 1. The molecule has 0 aliphatic heterocycles. The minimum atomic E-state index is -1.68. The van der Waals surface area contributed by atoms with Crippen LogP contribution in [0.2, 0.25) is 0 Å². The van der Waals surface area contributed by atoms with Crippen molar-refractivity contribution in [3.63, 3.8) is 0 Å². The van der Waals surface area contributed by atoms with Crippen molar-refractivity contribution in [2.24, 2.45) is 0 Å². The van der Waals surface area contributed by atoms with E-state index in [1.165, 1.54) is 19.1 Å². The van der Waals surface area contributed by atoms with E-state index in [4.69, 9.17) is 4.74 Å². The smallest absolute Gasteiger partial charge is 0.333 e. The van der Waals surface area contributed by atoms with Gasteiger partial charge in [-0.15, -0.1) is 0 Å². The van der Waals surface area contributed by atoms with E-state index in [2.05, 4.69) is 5.32 Å². The zero-order chi connectivity index (χ0) is 18.6. The van der Waals surface area contributed by atoms with Crippen LogP contribution >= 0.6 is 0 Å². The Hall–Kier alpha value is -2.89. The van der Waals surface area contributed by atoms with E-state index in [1.807, 2.05) is 26.0 Å². The molecule has 25 heavy (non-hydrogen) atoms. The molecular formula is C19H20FNO4. The molecule has 0 aliphatic rings. The third-order valence-electron chi connectivity index (χ3n) is 3.93. The SMILES string of the molecule is Cc1ccc(OCC(=O)NC(C)(C(=O)O)c2ccc(F)cc2)c(C)c1. The van der Waals surface area contributed by atoms with Gasteiger partial charge in [-0.05, 0) is 50.1 Å². The van der Waals surface area contributed by atoms with Crippen LogP contribution in [0.5, 0.6) is 5.75 Å². The van der Waals surface area contributed by atoms with Crippen molar-refractivity contribution >= 4 is 11.9 Å². The van der Waals surface area contributed by atoms with Gasteiger partial charge in [0.15, 0.2) is 12.1 Å². The number of benzene rings is 2. The molecule has 0 heterocycles. The average molecular weight is 345 g/mol. The van der Waals surface area contributed by atoms with Crippen LogP contribution in [0.3, 0.4) is 0 Å². The molecule has 0 saturated heterocycles. The van der Waals surface area contributed by atoms with Crippen LogP contribution in [0, 0.1) is 19.7 Å². The lowest BCUT2D eigenvalue weighted by Gasteiger charge is -2.27. The van der Waals surface area contributed by atoms with Gasteiger partial charge in [0.2, 0.25) is 0 Å². The first-order valence-corrected chi connectivity index (χ1v) is 7.73. The molecule has 2 aromatic rings. The van der Waals surface area contributed by atoms with Crippen LogP contribution in [-0.2, 0) is 15.1 Å². The second-order valence-corrected chi connectivity index (χ2v) is 6.04. The van der Waals surface area contributed by atoms with Gasteiger partial charge in [-0.3, -0.25) is 4.79 Å². The van der Waals surface area contributed by atoms with E-state index in [-0.39, 0.29) is 12.2 Å². The summed E-state index contributed by atoms with van der Waals surface area (Å²) in [4.78, 5) is 23.8. The van der Waals surface area contributed by atoms with E-state index in [0.29, 0.717) is 5.75 Å². The fourth-order valence-electron chi connectivity index (χ4n) is 2.45. The molecule has 1 atom stereocenters. The lowest BCUT2D eigenvalue weighted by Crippen LogP contribution is -2.51. The molecule has 1 unspecified atom stereocenters. The molecular weight excluding hydrogens is 325 g/mol. The van der Waals surface area contributed by atoms with E-state index in [9.17, 15) is 19.1 Å². The number of hydrogen-bond donors (Lipinski definition) is 2. The highest BCUT2D eigenvalue weighted by Gasteiger charge is 2.37. The van der Waals surface area contributed by atoms with Crippen LogP contribution in [0.25, 0.3) is 0 Å². The highest BCUT2D eigenvalue weighted by Crippen LogP contribution is 2.22. The van der Waals surface area contributed by atoms with Gasteiger partial charge in [-0.25, -0.2) is 9.18 Å². The number of carbonyl (C=O) groups is 2. The number of aryl methyl sites for hydroxylation is 2. The Kier molecular flexibility index (Phi) is 5.41. The predicted octanol–water partition coefficient (Wildman–Crippen LogP) is 2.94. The highest BCUT2D eigenvalue weighted by molar-refractivity contribution is 5.88. The fraction of sp³-hybridized carbons (Fsp3) is 0.263. The molecule has 0 aliphatic carbocycles. The number of rotatable bonds is 6. The Morgan fingerprint density at radius 1 is 1.16 bits per heavy atom. The minimum absolute atomic E-state index is 0.265. The molecule has 0 bridgehead atoms. The third kappa shape index (κ3) is 4.35. The number of carboxylic acid groups (broad SMARTS) is 1. The number of carboxylic acids is 1. The van der Waals surface area contributed by atoms with E-state index in [1.54, 1.807) is 6.07 Å². The quantitative estimate of drug-likeness (QED) is 0.844. The molecule has 6 heteroatoms. The van der Waals surface area contributed by atoms with Crippen molar-refractivity contribution < 1.29 is 23.8 Å². The van der Waals surface area contributed by atoms with Crippen molar-refractivity contribution in [3.05, 3.63) is 65.0 Å². The third-order valence-corrected chi connectivity index (χ3v) is 3.93. The second-order valence-electron chi connectivity index (χ2n) is 6.04. The molecule has 2 rings (SSSR count). The largest absolute Gasteiger partial charge is 0.484 e. The summed E-state index contributed by atoms with van der Waals surface area (Å²) in [5.41, 5.74) is 0.536. The zero-order valence-electron chi connectivity index (χ0n) is 14.3. The Labute approximate surface area is 145 Å². The van der Waals surface area contributed by atoms with E-state index < -0.39 is 23.2 Å². The molecule has 2 aromatic carbocycles. The average Bonchev–Trinajstić information content (AvgIpc) is 2.54. The Balaban J connectivity index is 2.10. The molecule has 0 fully saturated rings. The number of ether oxygens (including phenoxy) is 1. The van der Waals surface area contributed by atoms with Crippen LogP contribution in [0.15, 0.2) is 42.5 Å². The van der Waals surface area contributed by atoms with Crippen molar-refractivity contribution in [2.75, 3.05) is 6.61 Å².